The number of nitrogens with two attached hydrogens (primary N) is 1. The van der Waals surface area contributed by atoms with Crippen molar-refractivity contribution in [2.45, 2.75) is 25.8 Å². The van der Waals surface area contributed by atoms with Gasteiger partial charge >= 0.3 is 0 Å². The molecule has 2 aromatic rings. The summed E-state index contributed by atoms with van der Waals surface area (Å²) in [6, 6.07) is 7.72. The first-order valence-corrected chi connectivity index (χ1v) is 6.08. The Bertz CT molecular complexity index is 545. The molecule has 1 unspecified atom stereocenters. The molecule has 0 aliphatic heterocycles. The predicted octanol–water partition coefficient (Wildman–Crippen LogP) is 2.52. The number of fused-ring (bicyclic) bond motifs is 1. The van der Waals surface area contributed by atoms with Crippen LogP contribution in [0.4, 0.5) is 5.69 Å². The first-order chi connectivity index (χ1) is 8.59. The van der Waals surface area contributed by atoms with Crippen molar-refractivity contribution in [3.05, 3.63) is 30.5 Å². The molecule has 1 aromatic heterocycles. The SMILES string of the molecule is CC(N)CCC(=O)N(C)c1coc2ccccc12. The largest absolute Gasteiger partial charge is 0.462 e. The number of para-hydroxylation sites is 1. The van der Waals surface area contributed by atoms with Crippen LogP contribution in [0.1, 0.15) is 19.8 Å². The van der Waals surface area contributed by atoms with Crippen LogP contribution in [0.3, 0.4) is 0 Å². The topological polar surface area (TPSA) is 59.5 Å². The van der Waals surface area contributed by atoms with E-state index in [2.05, 4.69) is 0 Å². The van der Waals surface area contributed by atoms with Gasteiger partial charge in [0.25, 0.3) is 0 Å². The van der Waals surface area contributed by atoms with Gasteiger partial charge in [0.2, 0.25) is 5.91 Å². The molecule has 0 aliphatic rings. The molecule has 18 heavy (non-hydrogen) atoms. The van der Waals surface area contributed by atoms with Crippen LogP contribution in [0.5, 0.6) is 0 Å². The van der Waals surface area contributed by atoms with Crippen molar-refractivity contribution in [2.24, 2.45) is 5.73 Å². The molecule has 1 heterocycles. The van der Waals surface area contributed by atoms with Gasteiger partial charge in [-0.2, -0.15) is 0 Å². The molecule has 0 fully saturated rings. The fraction of sp³-hybridized carbons (Fsp3) is 0.357. The summed E-state index contributed by atoms with van der Waals surface area (Å²) in [6.07, 6.45) is 2.76. The van der Waals surface area contributed by atoms with Crippen molar-refractivity contribution >= 4 is 22.6 Å². The molecule has 4 nitrogen and oxygen atoms in total. The summed E-state index contributed by atoms with van der Waals surface area (Å²) < 4.78 is 5.43. The summed E-state index contributed by atoms with van der Waals surface area (Å²) in [4.78, 5) is 13.7. The number of nitrogens with zero attached hydrogens (tertiary/aromatic N) is 1. The number of benzene rings is 1. The molecule has 0 aliphatic carbocycles. The lowest BCUT2D eigenvalue weighted by Crippen LogP contribution is -2.27. The lowest BCUT2D eigenvalue weighted by Gasteiger charge is -2.16. The second kappa shape index (κ2) is 5.23. The number of furan rings is 1. The maximum atomic E-state index is 12.0. The van der Waals surface area contributed by atoms with Gasteiger partial charge < -0.3 is 15.1 Å². The number of hydrogen-bond donors (Lipinski definition) is 1. The summed E-state index contributed by atoms with van der Waals surface area (Å²) in [5.41, 5.74) is 7.26. The Hall–Kier alpha value is -1.81. The summed E-state index contributed by atoms with van der Waals surface area (Å²) in [5, 5.41) is 0.953. The van der Waals surface area contributed by atoms with E-state index in [1.807, 2.05) is 31.2 Å². The first kappa shape index (κ1) is 12.6. The Kier molecular flexibility index (Phi) is 3.67. The van der Waals surface area contributed by atoms with E-state index in [1.165, 1.54) is 0 Å². The maximum absolute atomic E-state index is 12.0. The normalized spacial score (nSPS) is 12.6. The molecule has 4 heteroatoms. The van der Waals surface area contributed by atoms with E-state index in [0.717, 1.165) is 16.7 Å². The summed E-state index contributed by atoms with van der Waals surface area (Å²) >= 11 is 0. The van der Waals surface area contributed by atoms with E-state index in [1.54, 1.807) is 18.2 Å². The zero-order chi connectivity index (χ0) is 13.1. The van der Waals surface area contributed by atoms with Crippen LogP contribution in [0, 0.1) is 0 Å². The Balaban J connectivity index is 2.18. The molecule has 0 bridgehead atoms. The second-order valence-electron chi connectivity index (χ2n) is 4.59. The third-order valence-electron chi connectivity index (χ3n) is 3.01. The second-order valence-corrected chi connectivity index (χ2v) is 4.59. The molecule has 2 rings (SSSR count). The number of carbonyl (C=O) groups excluding carboxylic acids is 1. The van der Waals surface area contributed by atoms with E-state index < -0.39 is 0 Å². The third-order valence-corrected chi connectivity index (χ3v) is 3.01. The van der Waals surface area contributed by atoms with Crippen LogP contribution in [0.15, 0.2) is 34.9 Å². The standard InChI is InChI=1S/C14H18N2O2/c1-10(15)7-8-14(17)16(2)12-9-18-13-6-4-3-5-11(12)13/h3-6,9-10H,7-8,15H2,1-2H3. The highest BCUT2D eigenvalue weighted by Crippen LogP contribution is 2.28. The van der Waals surface area contributed by atoms with Gasteiger partial charge in [-0.25, -0.2) is 0 Å². The molecular weight excluding hydrogens is 228 g/mol. The quantitative estimate of drug-likeness (QED) is 0.901. The molecule has 96 valence electrons. The maximum Gasteiger partial charge on any atom is 0.226 e. The highest BCUT2D eigenvalue weighted by molar-refractivity contribution is 6.01. The van der Waals surface area contributed by atoms with E-state index in [-0.39, 0.29) is 11.9 Å². The number of hydrogen-bond acceptors (Lipinski definition) is 3. The predicted molar refractivity (Wildman–Crippen MR) is 72.5 cm³/mol. The van der Waals surface area contributed by atoms with Crippen molar-refractivity contribution in [2.75, 3.05) is 11.9 Å². The minimum atomic E-state index is 0.0449. The zero-order valence-electron chi connectivity index (χ0n) is 10.7. The third kappa shape index (κ3) is 2.54. The van der Waals surface area contributed by atoms with Gasteiger partial charge in [0.1, 0.15) is 11.8 Å². The Morgan fingerprint density at radius 1 is 1.44 bits per heavy atom. The number of anilines is 1. The average molecular weight is 246 g/mol. The molecule has 1 atom stereocenters. The van der Waals surface area contributed by atoms with Crippen molar-refractivity contribution in [3.63, 3.8) is 0 Å². The number of carbonyl (C=O) groups is 1. The Labute approximate surface area is 106 Å². The lowest BCUT2D eigenvalue weighted by molar-refractivity contribution is -0.118. The fourth-order valence-corrected chi connectivity index (χ4v) is 1.88. The molecular formula is C14H18N2O2. The van der Waals surface area contributed by atoms with Crippen LogP contribution in [-0.2, 0) is 4.79 Å². The highest BCUT2D eigenvalue weighted by atomic mass is 16.3. The van der Waals surface area contributed by atoms with Crippen molar-refractivity contribution in [3.8, 4) is 0 Å². The molecule has 0 spiro atoms. The van der Waals surface area contributed by atoms with Gasteiger partial charge in [-0.05, 0) is 25.5 Å². The fourth-order valence-electron chi connectivity index (χ4n) is 1.88. The molecule has 0 saturated carbocycles. The van der Waals surface area contributed by atoms with Crippen LogP contribution < -0.4 is 10.6 Å². The molecule has 0 saturated heterocycles. The van der Waals surface area contributed by atoms with Crippen molar-refractivity contribution in [1.29, 1.82) is 0 Å². The van der Waals surface area contributed by atoms with Crippen LogP contribution in [0.25, 0.3) is 11.0 Å². The lowest BCUT2D eigenvalue weighted by atomic mass is 10.1. The van der Waals surface area contributed by atoms with Crippen LogP contribution in [-0.4, -0.2) is 19.0 Å². The number of rotatable bonds is 4. The summed E-state index contributed by atoms with van der Waals surface area (Å²) in [6.45, 7) is 1.90. The Morgan fingerprint density at radius 3 is 2.89 bits per heavy atom. The van der Waals surface area contributed by atoms with Crippen LogP contribution >= 0.6 is 0 Å². The zero-order valence-corrected chi connectivity index (χ0v) is 10.7. The van der Waals surface area contributed by atoms with Crippen LogP contribution in [0.2, 0.25) is 0 Å². The van der Waals surface area contributed by atoms with Crippen molar-refractivity contribution < 1.29 is 9.21 Å². The first-order valence-electron chi connectivity index (χ1n) is 6.08. The average Bonchev–Trinajstić information content (AvgIpc) is 2.78. The van der Waals surface area contributed by atoms with E-state index >= 15 is 0 Å². The van der Waals surface area contributed by atoms with E-state index in [0.29, 0.717) is 12.8 Å². The summed E-state index contributed by atoms with van der Waals surface area (Å²) in [5.74, 6) is 0.0545. The van der Waals surface area contributed by atoms with Gasteiger partial charge in [0.05, 0.1) is 5.69 Å². The van der Waals surface area contributed by atoms with E-state index in [4.69, 9.17) is 10.2 Å². The van der Waals surface area contributed by atoms with E-state index in [9.17, 15) is 4.79 Å². The Morgan fingerprint density at radius 2 is 2.17 bits per heavy atom. The highest BCUT2D eigenvalue weighted by Gasteiger charge is 2.16. The minimum absolute atomic E-state index is 0.0449. The summed E-state index contributed by atoms with van der Waals surface area (Å²) in [7, 11) is 1.76. The van der Waals surface area contributed by atoms with Gasteiger partial charge in [-0.15, -0.1) is 0 Å². The van der Waals surface area contributed by atoms with Gasteiger partial charge in [-0.3, -0.25) is 4.79 Å². The van der Waals surface area contributed by atoms with Gasteiger partial charge in [-0.1, -0.05) is 12.1 Å². The molecule has 1 amide bonds. The molecule has 0 radical (unpaired) electrons. The monoisotopic (exact) mass is 246 g/mol. The van der Waals surface area contributed by atoms with Crippen molar-refractivity contribution in [1.82, 2.24) is 0 Å². The smallest absolute Gasteiger partial charge is 0.226 e. The molecule has 1 aromatic carbocycles. The van der Waals surface area contributed by atoms with Gasteiger partial charge in [0.15, 0.2) is 0 Å². The molecule has 2 N–H and O–H groups in total. The van der Waals surface area contributed by atoms with Gasteiger partial charge in [0, 0.05) is 24.9 Å². The number of amides is 1. The minimum Gasteiger partial charge on any atom is -0.462 e.